The van der Waals surface area contributed by atoms with Crippen LogP contribution in [0.15, 0.2) is 42.5 Å². The lowest BCUT2D eigenvalue weighted by Crippen LogP contribution is -2.15. The van der Waals surface area contributed by atoms with Gasteiger partial charge < -0.3 is 15.7 Å². The van der Waals surface area contributed by atoms with Gasteiger partial charge in [-0.15, -0.1) is 0 Å². The van der Waals surface area contributed by atoms with Gasteiger partial charge in [0.1, 0.15) is 5.75 Å². The highest BCUT2D eigenvalue weighted by Gasteiger charge is 2.18. The number of aromatic hydroxyl groups is 1. The van der Waals surface area contributed by atoms with E-state index >= 15 is 0 Å². The fraction of sp³-hybridized carbons (Fsp3) is 0.333. The molecular weight excluding hydrogens is 328 g/mol. The third-order valence-electron chi connectivity index (χ3n) is 4.74. The van der Waals surface area contributed by atoms with Crippen LogP contribution in [0.2, 0.25) is 0 Å². The van der Waals surface area contributed by atoms with E-state index in [2.05, 4.69) is 10.6 Å². The topological polar surface area (TPSA) is 78.4 Å². The highest BCUT2D eigenvalue weighted by atomic mass is 16.3. The Labute approximate surface area is 153 Å². The van der Waals surface area contributed by atoms with Crippen LogP contribution in [0.1, 0.15) is 39.0 Å². The zero-order valence-corrected chi connectivity index (χ0v) is 14.9. The number of anilines is 2. The molecule has 1 saturated carbocycles. The maximum absolute atomic E-state index is 12.2. The van der Waals surface area contributed by atoms with Gasteiger partial charge in [0, 0.05) is 30.3 Å². The van der Waals surface area contributed by atoms with E-state index in [0.717, 1.165) is 29.7 Å². The molecular formula is C21H24N2O3. The lowest BCUT2D eigenvalue weighted by Gasteiger charge is -2.12. The van der Waals surface area contributed by atoms with Crippen LogP contribution in [0.3, 0.4) is 0 Å². The molecule has 0 radical (unpaired) electrons. The van der Waals surface area contributed by atoms with Crippen molar-refractivity contribution in [2.24, 2.45) is 5.92 Å². The summed E-state index contributed by atoms with van der Waals surface area (Å²) in [7, 11) is 0. The maximum atomic E-state index is 12.2. The van der Waals surface area contributed by atoms with Gasteiger partial charge in [-0.05, 0) is 54.7 Å². The highest BCUT2D eigenvalue weighted by molar-refractivity contribution is 5.95. The Morgan fingerprint density at radius 1 is 1.04 bits per heavy atom. The van der Waals surface area contributed by atoms with E-state index in [4.69, 9.17) is 0 Å². The van der Waals surface area contributed by atoms with Gasteiger partial charge in [-0.2, -0.15) is 0 Å². The molecule has 3 rings (SSSR count). The van der Waals surface area contributed by atoms with E-state index in [-0.39, 0.29) is 17.6 Å². The maximum Gasteiger partial charge on any atom is 0.224 e. The van der Waals surface area contributed by atoms with Crippen LogP contribution in [-0.2, 0) is 9.59 Å². The van der Waals surface area contributed by atoms with Gasteiger partial charge >= 0.3 is 0 Å². The minimum absolute atomic E-state index is 0.0564. The first kappa shape index (κ1) is 18.0. The summed E-state index contributed by atoms with van der Waals surface area (Å²) in [6.45, 7) is 1.44. The summed E-state index contributed by atoms with van der Waals surface area (Å²) in [6, 6.07) is 12.2. The molecule has 0 heterocycles. The largest absolute Gasteiger partial charge is 0.508 e. The van der Waals surface area contributed by atoms with E-state index in [1.165, 1.54) is 25.8 Å². The monoisotopic (exact) mass is 352 g/mol. The molecule has 2 aromatic rings. The average molecular weight is 352 g/mol. The van der Waals surface area contributed by atoms with Gasteiger partial charge in [0.05, 0.1) is 0 Å². The molecule has 0 unspecified atom stereocenters. The fourth-order valence-electron chi connectivity index (χ4n) is 3.49. The number of amides is 2. The number of carbonyl (C=O) groups is 2. The van der Waals surface area contributed by atoms with Gasteiger partial charge in [-0.25, -0.2) is 0 Å². The first-order valence-corrected chi connectivity index (χ1v) is 9.02. The molecule has 0 saturated heterocycles. The molecule has 1 fully saturated rings. The van der Waals surface area contributed by atoms with Gasteiger partial charge in [-0.3, -0.25) is 9.59 Å². The highest BCUT2D eigenvalue weighted by Crippen LogP contribution is 2.32. The number of hydrogen-bond donors (Lipinski definition) is 3. The zero-order chi connectivity index (χ0) is 18.5. The number of phenols is 1. The summed E-state index contributed by atoms with van der Waals surface area (Å²) in [5.74, 6) is 0.526. The van der Waals surface area contributed by atoms with E-state index in [1.807, 2.05) is 24.3 Å². The smallest absolute Gasteiger partial charge is 0.224 e. The molecule has 2 amide bonds. The van der Waals surface area contributed by atoms with Crippen molar-refractivity contribution in [2.45, 2.75) is 39.0 Å². The molecule has 1 aliphatic rings. The molecule has 2 aromatic carbocycles. The Balaban J connectivity index is 1.72. The second-order valence-corrected chi connectivity index (χ2v) is 6.89. The molecule has 1 aliphatic carbocycles. The van der Waals surface area contributed by atoms with Crippen molar-refractivity contribution < 1.29 is 14.7 Å². The summed E-state index contributed by atoms with van der Waals surface area (Å²) in [5.41, 5.74) is 2.95. The second-order valence-electron chi connectivity index (χ2n) is 6.89. The summed E-state index contributed by atoms with van der Waals surface area (Å²) in [6.07, 6.45) is 5.34. The Bertz CT molecular complexity index is 793. The Morgan fingerprint density at radius 3 is 2.38 bits per heavy atom. The van der Waals surface area contributed by atoms with E-state index in [1.54, 1.807) is 12.1 Å². The normalized spacial score (nSPS) is 14.2. The van der Waals surface area contributed by atoms with Crippen molar-refractivity contribution in [3.05, 3.63) is 42.5 Å². The van der Waals surface area contributed by atoms with Crippen LogP contribution >= 0.6 is 0 Å². The van der Waals surface area contributed by atoms with Gasteiger partial charge in [-0.1, -0.05) is 25.0 Å². The minimum Gasteiger partial charge on any atom is -0.508 e. The van der Waals surface area contributed by atoms with Crippen molar-refractivity contribution in [1.29, 1.82) is 0 Å². The van der Waals surface area contributed by atoms with Crippen LogP contribution < -0.4 is 10.6 Å². The van der Waals surface area contributed by atoms with Crippen molar-refractivity contribution >= 4 is 23.2 Å². The molecule has 0 aromatic heterocycles. The van der Waals surface area contributed by atoms with Crippen LogP contribution in [-0.4, -0.2) is 16.9 Å². The van der Waals surface area contributed by atoms with E-state index < -0.39 is 0 Å². The predicted molar refractivity (Wildman–Crippen MR) is 103 cm³/mol. The second kappa shape index (κ2) is 8.04. The SMILES string of the molecule is CC(=O)Nc1ccc(O)cc1-c1ccc(NC(=O)CC2CCCC2)cc1. The molecule has 136 valence electrons. The quantitative estimate of drug-likeness (QED) is 0.692. The fourth-order valence-corrected chi connectivity index (χ4v) is 3.49. The third-order valence-corrected chi connectivity index (χ3v) is 4.74. The predicted octanol–water partition coefficient (Wildman–Crippen LogP) is 4.54. The summed E-state index contributed by atoms with van der Waals surface area (Å²) in [5, 5.41) is 15.5. The number of hydrogen-bond acceptors (Lipinski definition) is 3. The molecule has 0 bridgehead atoms. The van der Waals surface area contributed by atoms with Crippen molar-refractivity contribution in [2.75, 3.05) is 10.6 Å². The van der Waals surface area contributed by atoms with Gasteiger partial charge in [0.25, 0.3) is 0 Å². The van der Waals surface area contributed by atoms with Crippen LogP contribution in [0.5, 0.6) is 5.75 Å². The minimum atomic E-state index is -0.173. The number of nitrogens with one attached hydrogen (secondary N) is 2. The van der Waals surface area contributed by atoms with E-state index in [0.29, 0.717) is 18.0 Å². The lowest BCUT2D eigenvalue weighted by atomic mass is 10.0. The van der Waals surface area contributed by atoms with Crippen LogP contribution in [0, 0.1) is 5.92 Å². The standard InChI is InChI=1S/C21H24N2O3/c1-14(24)22-20-11-10-18(25)13-19(20)16-6-8-17(9-7-16)23-21(26)12-15-4-2-3-5-15/h6-11,13,15,25H,2-5,12H2,1H3,(H,22,24)(H,23,26). The molecule has 0 aliphatic heterocycles. The zero-order valence-electron chi connectivity index (χ0n) is 14.9. The van der Waals surface area contributed by atoms with Crippen molar-refractivity contribution in [3.63, 3.8) is 0 Å². The number of carbonyl (C=O) groups excluding carboxylic acids is 2. The first-order valence-electron chi connectivity index (χ1n) is 9.02. The number of rotatable bonds is 5. The van der Waals surface area contributed by atoms with Crippen LogP contribution in [0.25, 0.3) is 11.1 Å². The van der Waals surface area contributed by atoms with Crippen molar-refractivity contribution in [3.8, 4) is 16.9 Å². The van der Waals surface area contributed by atoms with Crippen LogP contribution in [0.4, 0.5) is 11.4 Å². The van der Waals surface area contributed by atoms with Gasteiger partial charge in [0.2, 0.25) is 11.8 Å². The Kier molecular flexibility index (Phi) is 5.56. The summed E-state index contributed by atoms with van der Waals surface area (Å²) >= 11 is 0. The first-order chi connectivity index (χ1) is 12.5. The number of phenolic OH excluding ortho intramolecular Hbond substituents is 1. The lowest BCUT2D eigenvalue weighted by molar-refractivity contribution is -0.117. The third kappa shape index (κ3) is 4.63. The molecule has 0 spiro atoms. The van der Waals surface area contributed by atoms with E-state index in [9.17, 15) is 14.7 Å². The van der Waals surface area contributed by atoms with Crippen molar-refractivity contribution in [1.82, 2.24) is 0 Å². The molecule has 5 nitrogen and oxygen atoms in total. The molecule has 26 heavy (non-hydrogen) atoms. The summed E-state index contributed by atoms with van der Waals surface area (Å²) < 4.78 is 0. The average Bonchev–Trinajstić information content (AvgIpc) is 3.09. The number of benzene rings is 2. The Hall–Kier alpha value is -2.82. The molecule has 5 heteroatoms. The molecule has 3 N–H and O–H groups in total. The Morgan fingerprint density at radius 2 is 1.73 bits per heavy atom. The molecule has 0 atom stereocenters. The summed E-state index contributed by atoms with van der Waals surface area (Å²) in [4.78, 5) is 23.5. The van der Waals surface area contributed by atoms with Gasteiger partial charge in [0.15, 0.2) is 0 Å².